The van der Waals surface area contributed by atoms with Gasteiger partial charge in [-0.05, 0) is 25.0 Å². The molecular formula is C11H16N2O3. The Bertz CT molecular complexity index is 388. The molecule has 0 aromatic carbocycles. The third-order valence-electron chi connectivity index (χ3n) is 3.03. The molecule has 1 aromatic rings. The van der Waals surface area contributed by atoms with E-state index in [0.717, 1.165) is 5.56 Å². The van der Waals surface area contributed by atoms with Crippen molar-refractivity contribution in [2.24, 2.45) is 0 Å². The van der Waals surface area contributed by atoms with Crippen molar-refractivity contribution in [2.45, 2.75) is 25.5 Å². The van der Waals surface area contributed by atoms with Gasteiger partial charge in [-0.2, -0.15) is 0 Å². The summed E-state index contributed by atoms with van der Waals surface area (Å²) in [7, 11) is 0. The van der Waals surface area contributed by atoms with Crippen molar-refractivity contribution in [2.75, 3.05) is 13.2 Å². The van der Waals surface area contributed by atoms with E-state index < -0.39 is 6.10 Å². The molecule has 3 N–H and O–H groups in total. The topological polar surface area (TPSA) is 76.6 Å². The highest BCUT2D eigenvalue weighted by Gasteiger charge is 2.34. The Labute approximate surface area is 93.7 Å². The Morgan fingerprint density at radius 1 is 1.69 bits per heavy atom. The van der Waals surface area contributed by atoms with Crippen LogP contribution < -0.4 is 0 Å². The number of β-amino-alcohol motifs (C(OH)–C–C–N with tert-alkyl or cyclic N) is 1. The predicted octanol–water partition coefficient (Wildman–Crippen LogP) is -0.109. The zero-order valence-electron chi connectivity index (χ0n) is 9.18. The number of aliphatic hydroxyl groups is 2. The number of carbonyl (C=O) groups is 1. The molecule has 1 aliphatic heterocycles. The maximum Gasteiger partial charge on any atom is 0.270 e. The standard InChI is InChI=1S/C11H16N2O3/c1-7-2-3-12-10(7)11(16)13-5-9(15)4-8(13)6-14/h2-3,8-9,12,14-15H,4-6H2,1H3/t8-,9-/m0/s1. The lowest BCUT2D eigenvalue weighted by molar-refractivity contribution is 0.0659. The van der Waals surface area contributed by atoms with Crippen LogP contribution >= 0.6 is 0 Å². The van der Waals surface area contributed by atoms with Gasteiger partial charge in [0.15, 0.2) is 0 Å². The van der Waals surface area contributed by atoms with Crippen molar-refractivity contribution in [1.82, 2.24) is 9.88 Å². The lowest BCUT2D eigenvalue weighted by atomic mass is 10.2. The maximum absolute atomic E-state index is 12.1. The smallest absolute Gasteiger partial charge is 0.270 e. The molecule has 0 spiro atoms. The number of aliphatic hydroxyl groups excluding tert-OH is 2. The van der Waals surface area contributed by atoms with E-state index in [2.05, 4.69) is 4.98 Å². The minimum atomic E-state index is -0.531. The Balaban J connectivity index is 2.19. The van der Waals surface area contributed by atoms with Crippen molar-refractivity contribution in [3.8, 4) is 0 Å². The Kier molecular flexibility index (Phi) is 2.98. The normalized spacial score (nSPS) is 25.1. The molecule has 16 heavy (non-hydrogen) atoms. The average Bonchev–Trinajstić information content (AvgIpc) is 2.83. The highest BCUT2D eigenvalue weighted by atomic mass is 16.3. The van der Waals surface area contributed by atoms with E-state index in [1.807, 2.05) is 13.0 Å². The van der Waals surface area contributed by atoms with Crippen LogP contribution in [-0.4, -0.2) is 51.3 Å². The number of nitrogens with one attached hydrogen (secondary N) is 1. The molecule has 0 aliphatic carbocycles. The second-order valence-corrected chi connectivity index (χ2v) is 4.22. The molecule has 5 nitrogen and oxygen atoms in total. The summed E-state index contributed by atoms with van der Waals surface area (Å²) in [6.45, 7) is 2.04. The van der Waals surface area contributed by atoms with Gasteiger partial charge >= 0.3 is 0 Å². The molecule has 0 unspecified atom stereocenters. The van der Waals surface area contributed by atoms with Crippen LogP contribution in [0.4, 0.5) is 0 Å². The number of aromatic nitrogens is 1. The van der Waals surface area contributed by atoms with Crippen LogP contribution in [-0.2, 0) is 0 Å². The second kappa shape index (κ2) is 4.27. The summed E-state index contributed by atoms with van der Waals surface area (Å²) < 4.78 is 0. The van der Waals surface area contributed by atoms with Crippen molar-refractivity contribution >= 4 is 5.91 Å². The summed E-state index contributed by atoms with van der Waals surface area (Å²) in [6, 6.07) is 1.55. The fraction of sp³-hybridized carbons (Fsp3) is 0.545. The summed E-state index contributed by atoms with van der Waals surface area (Å²) in [4.78, 5) is 16.5. The average molecular weight is 224 g/mol. The summed E-state index contributed by atoms with van der Waals surface area (Å²) in [5.41, 5.74) is 1.41. The minimum Gasteiger partial charge on any atom is -0.394 e. The monoisotopic (exact) mass is 224 g/mol. The van der Waals surface area contributed by atoms with Gasteiger partial charge in [0.1, 0.15) is 5.69 Å². The number of hydrogen-bond acceptors (Lipinski definition) is 3. The van der Waals surface area contributed by atoms with Gasteiger partial charge in [-0.15, -0.1) is 0 Å². The summed E-state index contributed by atoms with van der Waals surface area (Å²) in [5, 5.41) is 18.7. The Morgan fingerprint density at radius 2 is 2.44 bits per heavy atom. The number of aromatic amines is 1. The number of rotatable bonds is 2. The fourth-order valence-corrected chi connectivity index (χ4v) is 2.13. The van der Waals surface area contributed by atoms with Crippen LogP contribution in [0.25, 0.3) is 0 Å². The first kappa shape index (κ1) is 11.2. The van der Waals surface area contributed by atoms with Gasteiger partial charge in [0.05, 0.1) is 18.8 Å². The summed E-state index contributed by atoms with van der Waals surface area (Å²) in [5.74, 6) is -0.155. The summed E-state index contributed by atoms with van der Waals surface area (Å²) >= 11 is 0. The molecule has 88 valence electrons. The quantitative estimate of drug-likeness (QED) is 0.656. The molecule has 2 atom stereocenters. The zero-order chi connectivity index (χ0) is 11.7. The van der Waals surface area contributed by atoms with Crippen molar-refractivity contribution in [3.63, 3.8) is 0 Å². The number of carbonyl (C=O) groups excluding carboxylic acids is 1. The number of hydrogen-bond donors (Lipinski definition) is 3. The van der Waals surface area contributed by atoms with E-state index in [1.165, 1.54) is 4.90 Å². The van der Waals surface area contributed by atoms with Crippen molar-refractivity contribution < 1.29 is 15.0 Å². The molecule has 1 aromatic heterocycles. The summed E-state index contributed by atoms with van der Waals surface area (Å²) in [6.07, 6.45) is 1.63. The number of amides is 1. The van der Waals surface area contributed by atoms with Crippen molar-refractivity contribution in [1.29, 1.82) is 0 Å². The SMILES string of the molecule is Cc1cc[nH]c1C(=O)N1C[C@@H](O)C[C@H]1CO. The van der Waals surface area contributed by atoms with E-state index >= 15 is 0 Å². The molecule has 1 aliphatic rings. The predicted molar refractivity (Wildman–Crippen MR) is 58.1 cm³/mol. The van der Waals surface area contributed by atoms with Crippen LogP contribution in [0.15, 0.2) is 12.3 Å². The Hall–Kier alpha value is -1.33. The lowest BCUT2D eigenvalue weighted by Gasteiger charge is -2.22. The number of likely N-dealkylation sites (tertiary alicyclic amines) is 1. The minimum absolute atomic E-state index is 0.109. The fourth-order valence-electron chi connectivity index (χ4n) is 2.13. The first-order chi connectivity index (χ1) is 7.63. The van der Waals surface area contributed by atoms with Crippen molar-refractivity contribution in [3.05, 3.63) is 23.5 Å². The van der Waals surface area contributed by atoms with Gasteiger partial charge in [0, 0.05) is 12.7 Å². The van der Waals surface area contributed by atoms with Gasteiger partial charge in [-0.1, -0.05) is 0 Å². The van der Waals surface area contributed by atoms with E-state index in [1.54, 1.807) is 6.20 Å². The zero-order valence-corrected chi connectivity index (χ0v) is 9.18. The molecule has 0 saturated carbocycles. The lowest BCUT2D eigenvalue weighted by Crippen LogP contribution is -2.38. The highest BCUT2D eigenvalue weighted by molar-refractivity contribution is 5.94. The molecule has 0 bridgehead atoms. The largest absolute Gasteiger partial charge is 0.394 e. The van der Waals surface area contributed by atoms with Gasteiger partial charge in [-0.25, -0.2) is 0 Å². The molecule has 1 saturated heterocycles. The second-order valence-electron chi connectivity index (χ2n) is 4.22. The van der Waals surface area contributed by atoms with Crippen LogP contribution in [0.2, 0.25) is 0 Å². The molecule has 0 radical (unpaired) electrons. The Morgan fingerprint density at radius 3 is 3.00 bits per heavy atom. The van der Waals surface area contributed by atoms with Gasteiger partial charge in [-0.3, -0.25) is 4.79 Å². The first-order valence-electron chi connectivity index (χ1n) is 5.37. The van der Waals surface area contributed by atoms with Gasteiger partial charge < -0.3 is 20.1 Å². The number of aryl methyl sites for hydroxylation is 1. The molecule has 1 fully saturated rings. The molecule has 1 amide bonds. The van der Waals surface area contributed by atoms with E-state index in [-0.39, 0.29) is 18.6 Å². The van der Waals surface area contributed by atoms with Crippen LogP contribution in [0.3, 0.4) is 0 Å². The maximum atomic E-state index is 12.1. The number of nitrogens with zero attached hydrogens (tertiary/aromatic N) is 1. The number of H-pyrrole nitrogens is 1. The van der Waals surface area contributed by atoms with Gasteiger partial charge in [0.25, 0.3) is 5.91 Å². The van der Waals surface area contributed by atoms with E-state index in [4.69, 9.17) is 5.11 Å². The van der Waals surface area contributed by atoms with Crippen LogP contribution in [0, 0.1) is 6.92 Å². The van der Waals surface area contributed by atoms with Gasteiger partial charge in [0.2, 0.25) is 0 Å². The van der Waals surface area contributed by atoms with E-state index in [0.29, 0.717) is 18.7 Å². The highest BCUT2D eigenvalue weighted by Crippen LogP contribution is 2.20. The third-order valence-corrected chi connectivity index (χ3v) is 3.03. The molecular weight excluding hydrogens is 208 g/mol. The van der Waals surface area contributed by atoms with Crippen LogP contribution in [0.5, 0.6) is 0 Å². The first-order valence-corrected chi connectivity index (χ1v) is 5.37. The van der Waals surface area contributed by atoms with E-state index in [9.17, 15) is 9.90 Å². The molecule has 2 heterocycles. The third kappa shape index (κ3) is 1.83. The molecule has 2 rings (SSSR count). The molecule has 5 heteroatoms. The van der Waals surface area contributed by atoms with Crippen LogP contribution in [0.1, 0.15) is 22.5 Å².